The number of benzene rings is 12. The fourth-order valence-electron chi connectivity index (χ4n) is 22.2. The summed E-state index contributed by atoms with van der Waals surface area (Å²) < 4.78 is 1.41. The molecule has 102 heavy (non-hydrogen) atoms. The predicted octanol–water partition coefficient (Wildman–Crippen LogP) is 29.0. The van der Waals surface area contributed by atoms with E-state index in [1.807, 2.05) is 0 Å². The van der Waals surface area contributed by atoms with Gasteiger partial charge in [-0.05, 0) is 0 Å². The average molecular weight is 1600 g/mol. The second-order valence-corrected chi connectivity index (χ2v) is 137. The maximum atomic E-state index is 10.0. The molecule has 4 aliphatic rings. The molecule has 0 fully saturated rings. The van der Waals surface area contributed by atoms with E-state index in [1.165, 1.54) is 154 Å². The van der Waals surface area contributed by atoms with E-state index in [-0.39, 0.29) is 14.5 Å². The molecule has 514 valence electrons. The molecule has 0 saturated heterocycles. The van der Waals surface area contributed by atoms with Gasteiger partial charge in [0.2, 0.25) is 0 Å². The molecule has 0 saturated carbocycles. The maximum absolute atomic E-state index is 10.0. The first-order chi connectivity index (χ1) is 49.5. The number of fused-ring (bicyclic) bond motifs is 8. The van der Waals surface area contributed by atoms with Gasteiger partial charge in [0.15, 0.2) is 0 Å². The van der Waals surface area contributed by atoms with Crippen molar-refractivity contribution in [3.8, 4) is 44.5 Å². The van der Waals surface area contributed by atoms with Crippen molar-refractivity contribution in [3.63, 3.8) is 0 Å². The summed E-state index contributed by atoms with van der Waals surface area (Å²) in [5, 5.41) is 10.1. The van der Waals surface area contributed by atoms with Crippen LogP contribution in [0, 0.1) is 0 Å². The molecule has 0 amide bonds. The standard InChI is InChI=1S/4C21H17.C6H12.2C2H7Si.4ClH.2Zr/c4*1-2-15-13-17-9-6-12-20(21(17)14-15)19-11-5-8-16-7-3-4-10-18(16)19;1-3-5-6-4-2;2*1-2-3;;;;;;/h4*3-14H,2H2,1H3;1-6H2;2*2-3H2,1H3;4*1H;;/q;;;;;;;;;;;2*+2/p-4. The van der Waals surface area contributed by atoms with Gasteiger partial charge in [0.05, 0.1) is 0 Å². The Bertz CT molecular complexity index is 4880. The van der Waals surface area contributed by atoms with E-state index in [0.29, 0.717) is 0 Å². The van der Waals surface area contributed by atoms with Gasteiger partial charge in [-0.3, -0.25) is 0 Å². The van der Waals surface area contributed by atoms with Gasteiger partial charge in [0, 0.05) is 0 Å². The first kappa shape index (κ1) is 70.3. The Morgan fingerprint density at radius 2 is 0.471 bits per heavy atom. The Hall–Kier alpha value is -6.00. The molecule has 16 rings (SSSR count). The summed E-state index contributed by atoms with van der Waals surface area (Å²) in [6, 6.07) is 93.4. The molecule has 0 heterocycles. The molecule has 0 nitrogen and oxygen atoms in total. The van der Waals surface area contributed by atoms with Gasteiger partial charge in [-0.2, -0.15) is 0 Å². The summed E-state index contributed by atoms with van der Waals surface area (Å²) in [5.41, 5.74) is 26.5. The van der Waals surface area contributed by atoms with Crippen molar-refractivity contribution in [1.29, 1.82) is 0 Å². The zero-order valence-electron chi connectivity index (χ0n) is 60.1. The zero-order chi connectivity index (χ0) is 70.3. The molecule has 0 spiro atoms. The van der Waals surface area contributed by atoms with Crippen LogP contribution in [0.2, 0.25) is 20.3 Å². The molecule has 12 aromatic rings. The monoisotopic (exact) mass is 1600 g/mol. The Morgan fingerprint density at radius 3 is 0.706 bits per heavy atom. The third-order valence-corrected chi connectivity index (χ3v) is 129. The van der Waals surface area contributed by atoms with E-state index in [9.17, 15) is 34.1 Å². The van der Waals surface area contributed by atoms with Gasteiger partial charge >= 0.3 is 625 Å². The zero-order valence-corrected chi connectivity index (χ0v) is 70.9. The summed E-state index contributed by atoms with van der Waals surface area (Å²) in [4.78, 5) is 0. The SMILES string of the molecule is CC[SiH2][Zr]([Cl])([Cl])([CH2]CCCC[CH2][Zr]([Cl])([Cl])([SiH2]CC)([CH]1C(CC)=Cc2c(-c3cccc4ccccc34)cccc21)[CH]1C(CC)=Cc2c(-c3cccc4ccccc34)cccc21)([CH]1C(CC)=Cc2c(-c3cccc4ccccc34)cccc21)[CH]1C(CC)=Cc2c(-c3cccc4ccccc34)cccc21. The van der Waals surface area contributed by atoms with E-state index in [4.69, 9.17) is 0 Å². The first-order valence-electron chi connectivity index (χ1n) is 38.4. The van der Waals surface area contributed by atoms with Crippen molar-refractivity contribution < 1.29 is 28.1 Å². The van der Waals surface area contributed by atoms with Crippen LogP contribution in [-0.2, 0) is 28.1 Å². The van der Waals surface area contributed by atoms with E-state index >= 15 is 0 Å². The van der Waals surface area contributed by atoms with Crippen LogP contribution < -0.4 is 0 Å². The minimum absolute atomic E-state index is 0.0691. The normalized spacial score (nSPS) is 18.6. The number of unbranched alkanes of at least 4 members (excludes halogenated alkanes) is 3. The number of hydrogen-bond donors (Lipinski definition) is 0. The summed E-state index contributed by atoms with van der Waals surface area (Å²) in [6.07, 6.45) is 17.7. The topological polar surface area (TPSA) is 0 Å². The third kappa shape index (κ3) is 10.9. The molecule has 0 aromatic heterocycles. The molecule has 4 aliphatic carbocycles. The summed E-state index contributed by atoms with van der Waals surface area (Å²) in [5.74, 6) is 0. The quantitative estimate of drug-likeness (QED) is 0.0442. The molecule has 0 N–H and O–H groups in total. The van der Waals surface area contributed by atoms with Crippen molar-refractivity contribution in [2.45, 2.75) is 128 Å². The first-order valence-corrected chi connectivity index (χ1v) is 74.0. The van der Waals surface area contributed by atoms with E-state index in [1.54, 1.807) is 0 Å². The molecule has 8 heteroatoms. The fraction of sp³-hybridized carbons (Fsp3) is 0.234. The van der Waals surface area contributed by atoms with Crippen LogP contribution in [0.1, 0.15) is 152 Å². The van der Waals surface area contributed by atoms with Gasteiger partial charge in [-0.1, -0.05) is 0 Å². The van der Waals surface area contributed by atoms with Crippen molar-refractivity contribution in [2.24, 2.45) is 0 Å². The van der Waals surface area contributed by atoms with Crippen LogP contribution >= 0.6 is 34.1 Å². The predicted molar refractivity (Wildman–Crippen MR) is 451 cm³/mol. The van der Waals surface area contributed by atoms with Crippen LogP contribution in [0.15, 0.2) is 265 Å². The van der Waals surface area contributed by atoms with Crippen LogP contribution in [0.5, 0.6) is 0 Å². The van der Waals surface area contributed by atoms with Crippen molar-refractivity contribution in [2.75, 3.05) is 0 Å². The summed E-state index contributed by atoms with van der Waals surface area (Å²) in [7, 11) is 40.2. The molecular formula is C94H94Cl4Si2Zr2. The number of hydrogen-bond acceptors (Lipinski definition) is 0. The second kappa shape index (κ2) is 26.5. The molecule has 4 atom stereocenters. The molecule has 4 unspecified atom stereocenters. The minimum atomic E-state index is -6.14. The Kier molecular flexibility index (Phi) is 18.3. The van der Waals surface area contributed by atoms with Gasteiger partial charge < -0.3 is 0 Å². The van der Waals surface area contributed by atoms with Gasteiger partial charge in [-0.15, -0.1) is 0 Å². The number of allylic oxidation sites excluding steroid dienone is 4. The van der Waals surface area contributed by atoms with Crippen LogP contribution in [0.4, 0.5) is 0 Å². The van der Waals surface area contributed by atoms with Crippen molar-refractivity contribution in [3.05, 3.63) is 309 Å². The van der Waals surface area contributed by atoms with Gasteiger partial charge in [0.1, 0.15) is 0 Å². The number of rotatable bonds is 23. The average Bonchev–Trinajstić information content (AvgIpc) is 1.35. The fourth-order valence-corrected chi connectivity index (χ4v) is 135. The number of halogens is 4. The Balaban J connectivity index is 0.841. The molecule has 12 aromatic carbocycles. The summed E-state index contributed by atoms with van der Waals surface area (Å²) in [6.45, 7) is 11.9. The van der Waals surface area contributed by atoms with Crippen molar-refractivity contribution in [1.82, 2.24) is 0 Å². The Labute approximate surface area is 617 Å². The Morgan fingerprint density at radius 1 is 0.255 bits per heavy atom. The van der Waals surface area contributed by atoms with E-state index in [2.05, 4.69) is 309 Å². The van der Waals surface area contributed by atoms with Crippen LogP contribution in [0.3, 0.4) is 0 Å². The van der Waals surface area contributed by atoms with Gasteiger partial charge in [-0.25, -0.2) is 0 Å². The van der Waals surface area contributed by atoms with Gasteiger partial charge in [0.25, 0.3) is 0 Å². The van der Waals surface area contributed by atoms with E-state index in [0.717, 1.165) is 71.7 Å². The van der Waals surface area contributed by atoms with Crippen LogP contribution in [-0.4, -0.2) is 13.3 Å². The second-order valence-electron chi connectivity index (χ2n) is 31.3. The molecule has 0 bridgehead atoms. The summed E-state index contributed by atoms with van der Waals surface area (Å²) >= 11 is -12.3. The third-order valence-electron chi connectivity index (χ3n) is 26.0. The van der Waals surface area contributed by atoms with E-state index < -0.39 is 41.4 Å². The molecule has 0 radical (unpaired) electrons. The van der Waals surface area contributed by atoms with Crippen molar-refractivity contribution >= 4 is 115 Å². The molecular weight excluding hydrogens is 1510 g/mol. The molecule has 0 aliphatic heterocycles. The van der Waals surface area contributed by atoms with Crippen LogP contribution in [0.25, 0.3) is 112 Å².